The average Bonchev–Trinajstić information content (AvgIpc) is 2.36. The third-order valence-corrected chi connectivity index (χ3v) is 4.43. The van der Waals surface area contributed by atoms with Gasteiger partial charge in [-0.05, 0) is 38.5 Å². The zero-order valence-corrected chi connectivity index (χ0v) is 11.3. The summed E-state index contributed by atoms with van der Waals surface area (Å²) < 4.78 is 0. The smallest absolute Gasteiger partial charge is 0.0766 e. The van der Waals surface area contributed by atoms with Gasteiger partial charge in [-0.3, -0.25) is 0 Å². The number of nitrogens with one attached hydrogen (secondary N) is 1. The van der Waals surface area contributed by atoms with Gasteiger partial charge in [0.05, 0.1) is 5.60 Å². The summed E-state index contributed by atoms with van der Waals surface area (Å²) in [5.41, 5.74) is -0.497. The maximum absolute atomic E-state index is 10.2. The molecule has 1 saturated carbocycles. The molecule has 0 aliphatic heterocycles. The predicted octanol–water partition coefficient (Wildman–Crippen LogP) is 3.10. The first-order chi connectivity index (χ1) is 7.61. The number of rotatable bonds is 6. The summed E-state index contributed by atoms with van der Waals surface area (Å²) in [6.45, 7) is 7.16. The van der Waals surface area contributed by atoms with Crippen LogP contribution in [-0.2, 0) is 0 Å². The number of hydrogen-bond acceptors (Lipinski definition) is 2. The highest BCUT2D eigenvalue weighted by Crippen LogP contribution is 2.26. The Balaban J connectivity index is 2.30. The van der Waals surface area contributed by atoms with Gasteiger partial charge in [0.1, 0.15) is 0 Å². The summed E-state index contributed by atoms with van der Waals surface area (Å²) in [6, 6.07) is 0.560. The Morgan fingerprint density at radius 1 is 1.19 bits per heavy atom. The van der Waals surface area contributed by atoms with E-state index < -0.39 is 5.60 Å². The van der Waals surface area contributed by atoms with Gasteiger partial charge < -0.3 is 10.4 Å². The third-order valence-electron chi connectivity index (χ3n) is 4.43. The van der Waals surface area contributed by atoms with Gasteiger partial charge >= 0.3 is 0 Å². The van der Waals surface area contributed by atoms with Gasteiger partial charge in [-0.25, -0.2) is 0 Å². The van der Waals surface area contributed by atoms with Crippen molar-refractivity contribution in [2.75, 3.05) is 6.54 Å². The van der Waals surface area contributed by atoms with Crippen molar-refractivity contribution >= 4 is 0 Å². The van der Waals surface area contributed by atoms with E-state index in [-0.39, 0.29) is 0 Å². The molecule has 0 spiro atoms. The van der Waals surface area contributed by atoms with Crippen molar-refractivity contribution in [1.29, 1.82) is 0 Å². The zero-order valence-electron chi connectivity index (χ0n) is 11.3. The first kappa shape index (κ1) is 14.0. The molecule has 0 amide bonds. The van der Waals surface area contributed by atoms with Crippen LogP contribution in [0.2, 0.25) is 0 Å². The molecule has 1 rings (SSSR count). The molecule has 96 valence electrons. The van der Waals surface area contributed by atoms with Crippen LogP contribution in [0.3, 0.4) is 0 Å². The molecule has 0 radical (unpaired) electrons. The van der Waals surface area contributed by atoms with Crippen molar-refractivity contribution in [3.05, 3.63) is 0 Å². The lowest BCUT2D eigenvalue weighted by atomic mass is 9.84. The highest BCUT2D eigenvalue weighted by Gasteiger charge is 2.25. The van der Waals surface area contributed by atoms with Crippen LogP contribution in [0, 0.1) is 5.92 Å². The standard InChI is InChI=1S/C14H29NO/c1-4-14(16,5-2)11-15-12(3)13-9-7-6-8-10-13/h12-13,15-16H,4-11H2,1-3H3. The Labute approximate surface area is 101 Å². The lowest BCUT2D eigenvalue weighted by Crippen LogP contribution is -2.45. The van der Waals surface area contributed by atoms with E-state index in [0.29, 0.717) is 6.04 Å². The molecule has 0 bridgehead atoms. The molecule has 2 nitrogen and oxygen atoms in total. The van der Waals surface area contributed by atoms with Crippen molar-refractivity contribution in [2.45, 2.75) is 77.4 Å². The Morgan fingerprint density at radius 3 is 2.25 bits per heavy atom. The van der Waals surface area contributed by atoms with Crippen molar-refractivity contribution in [1.82, 2.24) is 5.32 Å². The molecule has 1 unspecified atom stereocenters. The SMILES string of the molecule is CCC(O)(CC)CNC(C)C1CCCCC1. The van der Waals surface area contributed by atoms with Crippen molar-refractivity contribution in [3.63, 3.8) is 0 Å². The molecule has 1 atom stereocenters. The Hall–Kier alpha value is -0.0800. The summed E-state index contributed by atoms with van der Waals surface area (Å²) in [5, 5.41) is 13.8. The Kier molecular flexibility index (Phi) is 5.77. The van der Waals surface area contributed by atoms with E-state index in [1.807, 2.05) is 0 Å². The van der Waals surface area contributed by atoms with Gasteiger partial charge in [0.25, 0.3) is 0 Å². The van der Waals surface area contributed by atoms with Crippen molar-refractivity contribution in [2.24, 2.45) is 5.92 Å². The molecule has 0 aromatic rings. The number of hydrogen-bond donors (Lipinski definition) is 2. The van der Waals surface area contributed by atoms with E-state index in [4.69, 9.17) is 0 Å². The average molecular weight is 227 g/mol. The van der Waals surface area contributed by atoms with Crippen LogP contribution in [0.15, 0.2) is 0 Å². The van der Waals surface area contributed by atoms with Gasteiger partial charge in [0, 0.05) is 12.6 Å². The third kappa shape index (κ3) is 4.06. The highest BCUT2D eigenvalue weighted by atomic mass is 16.3. The summed E-state index contributed by atoms with van der Waals surface area (Å²) in [5.74, 6) is 0.826. The van der Waals surface area contributed by atoms with E-state index in [1.54, 1.807) is 0 Å². The molecule has 0 aromatic heterocycles. The van der Waals surface area contributed by atoms with Crippen LogP contribution in [0.5, 0.6) is 0 Å². The summed E-state index contributed by atoms with van der Waals surface area (Å²) in [4.78, 5) is 0. The molecule has 1 aliphatic rings. The van der Waals surface area contributed by atoms with E-state index in [0.717, 1.165) is 25.3 Å². The Bertz CT molecular complexity index is 183. The molecule has 0 heterocycles. The maximum Gasteiger partial charge on any atom is 0.0766 e. The summed E-state index contributed by atoms with van der Waals surface area (Å²) >= 11 is 0. The zero-order chi connectivity index (χ0) is 12.0. The fraction of sp³-hybridized carbons (Fsp3) is 1.00. The summed E-state index contributed by atoms with van der Waals surface area (Å²) in [6.07, 6.45) is 8.61. The second kappa shape index (κ2) is 6.61. The second-order valence-electron chi connectivity index (χ2n) is 5.50. The van der Waals surface area contributed by atoms with Gasteiger partial charge in [0.15, 0.2) is 0 Å². The van der Waals surface area contributed by atoms with E-state index in [2.05, 4.69) is 26.1 Å². The molecule has 1 aliphatic carbocycles. The highest BCUT2D eigenvalue weighted by molar-refractivity contribution is 4.82. The lowest BCUT2D eigenvalue weighted by Gasteiger charge is -2.32. The first-order valence-electron chi connectivity index (χ1n) is 7.07. The van der Waals surface area contributed by atoms with Crippen LogP contribution in [0.1, 0.15) is 65.7 Å². The topological polar surface area (TPSA) is 32.3 Å². The van der Waals surface area contributed by atoms with Crippen LogP contribution in [0.25, 0.3) is 0 Å². The van der Waals surface area contributed by atoms with E-state index >= 15 is 0 Å². The van der Waals surface area contributed by atoms with Crippen LogP contribution in [0.4, 0.5) is 0 Å². The van der Waals surface area contributed by atoms with Gasteiger partial charge in [-0.2, -0.15) is 0 Å². The minimum Gasteiger partial charge on any atom is -0.389 e. The fourth-order valence-corrected chi connectivity index (χ4v) is 2.65. The van der Waals surface area contributed by atoms with Crippen LogP contribution >= 0.6 is 0 Å². The Morgan fingerprint density at radius 2 is 1.75 bits per heavy atom. The quantitative estimate of drug-likeness (QED) is 0.731. The monoisotopic (exact) mass is 227 g/mol. The normalized spacial score (nSPS) is 21.0. The lowest BCUT2D eigenvalue weighted by molar-refractivity contribution is 0.0277. The fourth-order valence-electron chi connectivity index (χ4n) is 2.65. The molecule has 0 saturated heterocycles. The molecule has 2 N–H and O–H groups in total. The van der Waals surface area contributed by atoms with E-state index in [9.17, 15) is 5.11 Å². The van der Waals surface area contributed by atoms with E-state index in [1.165, 1.54) is 32.1 Å². The van der Waals surface area contributed by atoms with Crippen molar-refractivity contribution in [3.8, 4) is 0 Å². The predicted molar refractivity (Wildman–Crippen MR) is 69.6 cm³/mol. The minimum atomic E-state index is -0.497. The van der Waals surface area contributed by atoms with Crippen molar-refractivity contribution < 1.29 is 5.11 Å². The van der Waals surface area contributed by atoms with Gasteiger partial charge in [0.2, 0.25) is 0 Å². The first-order valence-corrected chi connectivity index (χ1v) is 7.07. The molecule has 1 fully saturated rings. The van der Waals surface area contributed by atoms with Gasteiger partial charge in [-0.15, -0.1) is 0 Å². The van der Waals surface area contributed by atoms with Crippen LogP contribution in [-0.4, -0.2) is 23.3 Å². The molecule has 2 heteroatoms. The second-order valence-corrected chi connectivity index (χ2v) is 5.50. The summed E-state index contributed by atoms with van der Waals surface area (Å²) in [7, 11) is 0. The molecule has 16 heavy (non-hydrogen) atoms. The maximum atomic E-state index is 10.2. The minimum absolute atomic E-state index is 0.497. The van der Waals surface area contributed by atoms with Crippen LogP contribution < -0.4 is 5.32 Å². The molecular weight excluding hydrogens is 198 g/mol. The largest absolute Gasteiger partial charge is 0.389 e. The number of aliphatic hydroxyl groups is 1. The molecule has 0 aromatic carbocycles. The van der Waals surface area contributed by atoms with Gasteiger partial charge in [-0.1, -0.05) is 33.1 Å². The molecular formula is C14H29NO.